The number of nitrogens with zero attached hydrogens (tertiary/aromatic N) is 6. The van der Waals surface area contributed by atoms with Crippen molar-refractivity contribution in [3.05, 3.63) is 33.4 Å². The average Bonchev–Trinajstić information content (AvgIpc) is 3.72. The molecular formula is C20H24F2N12O10P2. The van der Waals surface area contributed by atoms with Crippen molar-refractivity contribution in [3.63, 3.8) is 0 Å². The highest BCUT2D eigenvalue weighted by Crippen LogP contribution is 2.50. The van der Waals surface area contributed by atoms with Gasteiger partial charge in [0.1, 0.15) is 24.4 Å². The molecule has 7 heterocycles. The van der Waals surface area contributed by atoms with Crippen molar-refractivity contribution >= 4 is 49.7 Å². The summed E-state index contributed by atoms with van der Waals surface area (Å²) in [4.78, 5) is 65.8. The fourth-order valence-corrected chi connectivity index (χ4v) is 7.62. The van der Waals surface area contributed by atoms with Gasteiger partial charge in [0.2, 0.25) is 11.9 Å². The Morgan fingerprint density at radius 1 is 0.783 bits per heavy atom. The van der Waals surface area contributed by atoms with Gasteiger partial charge in [-0.25, -0.2) is 38.1 Å². The van der Waals surface area contributed by atoms with Crippen LogP contribution in [0.5, 0.6) is 0 Å². The van der Waals surface area contributed by atoms with E-state index in [1.807, 2.05) is 0 Å². The van der Waals surface area contributed by atoms with Gasteiger partial charge in [0.25, 0.3) is 11.1 Å². The highest BCUT2D eigenvalue weighted by atomic mass is 31.2. The van der Waals surface area contributed by atoms with Crippen LogP contribution in [0.2, 0.25) is 0 Å². The lowest BCUT2D eigenvalue weighted by atomic mass is 10.1. The third kappa shape index (κ3) is 5.31. The van der Waals surface area contributed by atoms with Crippen LogP contribution >= 0.6 is 15.5 Å². The molecule has 248 valence electrons. The number of nitrogens with two attached hydrogens (primary N) is 2. The van der Waals surface area contributed by atoms with E-state index in [1.54, 1.807) is 0 Å². The number of H-pyrrole nitrogens is 2. The van der Waals surface area contributed by atoms with Gasteiger partial charge in [-0.15, -0.1) is 0 Å². The van der Waals surface area contributed by atoms with Gasteiger partial charge in [-0.05, 0) is 0 Å². The molecule has 4 aromatic rings. The summed E-state index contributed by atoms with van der Waals surface area (Å²) >= 11 is 0. The summed E-state index contributed by atoms with van der Waals surface area (Å²) in [6.45, 7) is -1.43. The van der Waals surface area contributed by atoms with Crippen LogP contribution in [0.4, 0.5) is 20.7 Å². The maximum atomic E-state index is 15.9. The third-order valence-corrected chi connectivity index (χ3v) is 9.72. The van der Waals surface area contributed by atoms with Gasteiger partial charge in [-0.3, -0.25) is 37.7 Å². The number of anilines is 2. The molecule has 0 aliphatic carbocycles. The van der Waals surface area contributed by atoms with Crippen LogP contribution in [0, 0.1) is 0 Å². The molecule has 0 saturated carbocycles. The highest BCUT2D eigenvalue weighted by molar-refractivity contribution is 7.50. The number of nitrogens with one attached hydrogen (secondary N) is 4. The number of fused-ring (bicyclic) bond motifs is 4. The van der Waals surface area contributed by atoms with Crippen LogP contribution in [0.1, 0.15) is 12.5 Å². The lowest BCUT2D eigenvalue weighted by Gasteiger charge is -2.28. The summed E-state index contributed by atoms with van der Waals surface area (Å²) in [5.41, 5.74) is 8.98. The van der Waals surface area contributed by atoms with Gasteiger partial charge in [0.15, 0.2) is 47.1 Å². The summed E-state index contributed by atoms with van der Waals surface area (Å²) < 4.78 is 82.0. The number of imidazole rings is 2. The van der Waals surface area contributed by atoms with Gasteiger partial charge in [0.05, 0.1) is 12.7 Å². The molecule has 10 atom stereocenters. The Hall–Kier alpha value is -3.70. The Bertz CT molecular complexity index is 1910. The molecule has 26 heteroatoms. The van der Waals surface area contributed by atoms with E-state index in [0.717, 1.165) is 21.8 Å². The first-order valence-corrected chi connectivity index (χ1v) is 16.4. The van der Waals surface area contributed by atoms with Gasteiger partial charge in [0, 0.05) is 13.1 Å². The molecule has 46 heavy (non-hydrogen) atoms. The minimum Gasteiger partial charge on any atom is -0.369 e. The van der Waals surface area contributed by atoms with Crippen molar-refractivity contribution in [1.29, 1.82) is 0 Å². The Morgan fingerprint density at radius 2 is 1.17 bits per heavy atom. The van der Waals surface area contributed by atoms with E-state index in [2.05, 4.69) is 40.1 Å². The molecule has 22 nitrogen and oxygen atoms in total. The van der Waals surface area contributed by atoms with E-state index in [4.69, 9.17) is 30.0 Å². The summed E-state index contributed by atoms with van der Waals surface area (Å²) in [7, 11) is -9.88. The summed E-state index contributed by atoms with van der Waals surface area (Å²) in [6, 6.07) is 0. The van der Waals surface area contributed by atoms with Crippen molar-refractivity contribution in [1.82, 2.24) is 49.2 Å². The number of alkyl halides is 2. The average molecular weight is 692 g/mol. The maximum absolute atomic E-state index is 15.9. The normalized spacial score (nSPS) is 37.1. The summed E-state index contributed by atoms with van der Waals surface area (Å²) in [5.74, 6) is -0.619. The molecule has 0 bridgehead atoms. The van der Waals surface area contributed by atoms with Crippen molar-refractivity contribution in [2.45, 2.75) is 49.2 Å². The van der Waals surface area contributed by atoms with Crippen molar-refractivity contribution < 1.29 is 46.2 Å². The Balaban J connectivity index is 1.18. The number of aromatic amines is 2. The van der Waals surface area contributed by atoms with Crippen molar-refractivity contribution in [3.8, 4) is 0 Å². The SMILES string of the molecule is Nc1nc2c(ncn2[C@@H]2O[C@@H]3CNP(=O)(O)OC4C(F)[C@H](n5cnc6c(=O)[nH]c(N)nc65)O[C@@H]4CNP(=O)(O)OC3C2F)c(=O)[nH]1. The number of nitrogen functional groups attached to an aromatic ring is 2. The molecule has 0 aromatic carbocycles. The zero-order valence-corrected chi connectivity index (χ0v) is 24.6. The predicted octanol–water partition coefficient (Wildman–Crippen LogP) is -1.95. The molecule has 0 spiro atoms. The van der Waals surface area contributed by atoms with Crippen LogP contribution < -0.4 is 32.8 Å². The second kappa shape index (κ2) is 10.9. The minimum absolute atomic E-state index is 0.178. The number of hydrogen-bond donors (Lipinski definition) is 8. The van der Waals surface area contributed by atoms with Crippen LogP contribution in [0.3, 0.4) is 0 Å². The number of rotatable bonds is 2. The Kier molecular flexibility index (Phi) is 7.36. The molecule has 0 radical (unpaired) electrons. The van der Waals surface area contributed by atoms with Crippen LogP contribution in [-0.4, -0.2) is 98.7 Å². The number of aromatic nitrogens is 8. The zero-order valence-electron chi connectivity index (χ0n) is 22.8. The van der Waals surface area contributed by atoms with Crippen LogP contribution in [0.25, 0.3) is 22.3 Å². The molecule has 6 unspecified atom stereocenters. The quantitative estimate of drug-likeness (QED) is 0.106. The largest absolute Gasteiger partial charge is 0.403 e. The first kappa shape index (κ1) is 30.9. The van der Waals surface area contributed by atoms with E-state index < -0.39 is 88.9 Å². The second-order valence-corrected chi connectivity index (χ2v) is 13.6. The summed E-state index contributed by atoms with van der Waals surface area (Å²) in [5, 5.41) is 4.28. The minimum atomic E-state index is -4.94. The van der Waals surface area contributed by atoms with Gasteiger partial charge in [-0.1, -0.05) is 0 Å². The smallest absolute Gasteiger partial charge is 0.369 e. The molecule has 0 amide bonds. The van der Waals surface area contributed by atoms with E-state index in [9.17, 15) is 28.5 Å². The maximum Gasteiger partial charge on any atom is 0.403 e. The Morgan fingerprint density at radius 3 is 1.57 bits per heavy atom. The number of halogens is 2. The van der Waals surface area contributed by atoms with E-state index in [1.165, 1.54) is 0 Å². The van der Waals surface area contributed by atoms with Crippen LogP contribution in [-0.2, 0) is 27.7 Å². The molecular weight excluding hydrogens is 668 g/mol. The predicted molar refractivity (Wildman–Crippen MR) is 148 cm³/mol. The van der Waals surface area contributed by atoms with Crippen molar-refractivity contribution in [2.75, 3.05) is 24.6 Å². The van der Waals surface area contributed by atoms with E-state index in [-0.39, 0.29) is 34.2 Å². The highest BCUT2D eigenvalue weighted by Gasteiger charge is 2.54. The molecule has 7 rings (SSSR count). The first-order valence-electron chi connectivity index (χ1n) is 13.3. The fourth-order valence-electron chi connectivity index (χ4n) is 5.49. The van der Waals surface area contributed by atoms with Gasteiger partial charge >= 0.3 is 15.5 Å². The summed E-state index contributed by atoms with van der Waals surface area (Å²) in [6.07, 6.45) is -12.5. The van der Waals surface area contributed by atoms with Crippen LogP contribution in [0.15, 0.2) is 22.2 Å². The van der Waals surface area contributed by atoms with Gasteiger partial charge in [-0.2, -0.15) is 9.97 Å². The number of hydrogen-bond acceptors (Lipinski definition) is 14. The Labute approximate surface area is 252 Å². The molecule has 3 aliphatic rings. The van der Waals surface area contributed by atoms with Gasteiger partial charge < -0.3 is 30.7 Å². The third-order valence-electron chi connectivity index (χ3n) is 7.50. The fraction of sp³-hybridized carbons (Fsp3) is 0.500. The lowest BCUT2D eigenvalue weighted by molar-refractivity contribution is -0.0243. The topological polar surface area (TPSA) is 315 Å². The molecule has 4 aromatic heterocycles. The molecule has 3 aliphatic heterocycles. The lowest BCUT2D eigenvalue weighted by Crippen LogP contribution is -2.43. The van der Waals surface area contributed by atoms with E-state index >= 15 is 8.78 Å². The molecule has 10 N–H and O–H groups in total. The monoisotopic (exact) mass is 692 g/mol. The van der Waals surface area contributed by atoms with Crippen molar-refractivity contribution in [2.24, 2.45) is 0 Å². The van der Waals surface area contributed by atoms with E-state index in [0.29, 0.717) is 0 Å². The zero-order chi connectivity index (χ0) is 32.7. The standard InChI is InChI=1S/C20H24F2N12O10P2/c21-7-11-5(41-17(7)33-3-25-9-13(33)29-19(23)31-15(9)35)1-27-45(37,38)44-12-6(2-28-46(39,40)43-11)42-18(8(12)22)34-4-26-10-14(34)30-20(24)32-16(10)36/h3-8,11-12,17-18H,1-2H2,(H2,27,37,38)(H2,28,39,40)(H3,23,29,31,35)(H3,24,30,32,36)/t5-,6-,7?,8?,11?,12?,17-,18-/m1/s1. The first-order chi connectivity index (χ1) is 21.7. The number of ether oxygens (including phenoxy) is 2. The second-order valence-electron chi connectivity index (χ2n) is 10.5. The molecule has 3 saturated heterocycles. The molecule has 3 fully saturated rings.